The Morgan fingerprint density at radius 1 is 1.36 bits per heavy atom. The highest BCUT2D eigenvalue weighted by Gasteiger charge is 2.12. The summed E-state index contributed by atoms with van der Waals surface area (Å²) in [6.07, 6.45) is 5.23. The second-order valence-corrected chi connectivity index (χ2v) is 6.50. The Bertz CT molecular complexity index is 770. The number of rotatable bonds is 5. The maximum Gasteiger partial charge on any atom is 0.182 e. The first kappa shape index (κ1) is 14.9. The van der Waals surface area contributed by atoms with Crippen LogP contribution < -0.4 is 11.1 Å². The van der Waals surface area contributed by atoms with Crippen LogP contribution in [0.25, 0.3) is 0 Å². The van der Waals surface area contributed by atoms with Crippen LogP contribution in [0.3, 0.4) is 0 Å². The molecule has 0 aliphatic rings. The van der Waals surface area contributed by atoms with Crippen LogP contribution in [0.15, 0.2) is 46.2 Å². The van der Waals surface area contributed by atoms with E-state index in [4.69, 9.17) is 5.73 Å². The molecular weight excluding hydrogens is 321 g/mol. The van der Waals surface area contributed by atoms with E-state index in [0.29, 0.717) is 17.1 Å². The molecule has 3 aromatic rings. The molecule has 0 aliphatic heterocycles. The summed E-state index contributed by atoms with van der Waals surface area (Å²) in [6.45, 7) is 0.494. The van der Waals surface area contributed by atoms with Gasteiger partial charge in [0.25, 0.3) is 0 Å². The number of nitrogens with one attached hydrogen (secondary N) is 1. The first-order valence-corrected chi connectivity index (χ1v) is 8.19. The predicted molar refractivity (Wildman–Crippen MR) is 87.6 cm³/mol. The molecule has 0 unspecified atom stereocenters. The Hall–Kier alpha value is -2.06. The molecule has 0 bridgehead atoms. The van der Waals surface area contributed by atoms with Gasteiger partial charge in [-0.1, -0.05) is 0 Å². The molecule has 0 fully saturated rings. The van der Waals surface area contributed by atoms with Crippen LogP contribution in [0.4, 0.5) is 15.2 Å². The van der Waals surface area contributed by atoms with Crippen LogP contribution in [0.1, 0.15) is 5.56 Å². The lowest BCUT2D eigenvalue weighted by molar-refractivity contribution is 0.601. The van der Waals surface area contributed by atoms with Crippen molar-refractivity contribution in [3.8, 4) is 0 Å². The van der Waals surface area contributed by atoms with Crippen molar-refractivity contribution in [2.45, 2.75) is 16.6 Å². The van der Waals surface area contributed by atoms with Crippen molar-refractivity contribution < 1.29 is 4.39 Å². The number of halogens is 1. The van der Waals surface area contributed by atoms with Gasteiger partial charge in [-0.2, -0.15) is 0 Å². The minimum Gasteiger partial charge on any atom is -0.398 e. The minimum atomic E-state index is -0.344. The summed E-state index contributed by atoms with van der Waals surface area (Å²) in [5.41, 5.74) is 7.16. The van der Waals surface area contributed by atoms with Crippen molar-refractivity contribution in [3.63, 3.8) is 0 Å². The zero-order valence-corrected chi connectivity index (χ0v) is 13.4. The number of benzene rings is 1. The summed E-state index contributed by atoms with van der Waals surface area (Å²) in [7, 11) is 1.87. The summed E-state index contributed by atoms with van der Waals surface area (Å²) in [4.78, 5) is 8.84. The Morgan fingerprint density at radius 3 is 2.91 bits per heavy atom. The van der Waals surface area contributed by atoms with E-state index in [2.05, 4.69) is 15.3 Å². The highest BCUT2D eigenvalue weighted by Crippen LogP contribution is 2.31. The molecule has 0 radical (unpaired) electrons. The van der Waals surface area contributed by atoms with Crippen LogP contribution in [-0.2, 0) is 13.6 Å². The van der Waals surface area contributed by atoms with E-state index >= 15 is 0 Å². The summed E-state index contributed by atoms with van der Waals surface area (Å²) in [6, 6.07) is 3.11. The Kier molecular flexibility index (Phi) is 4.30. The van der Waals surface area contributed by atoms with Gasteiger partial charge < -0.3 is 15.6 Å². The first-order chi connectivity index (χ1) is 10.6. The van der Waals surface area contributed by atoms with E-state index in [0.717, 1.165) is 15.9 Å². The van der Waals surface area contributed by atoms with Gasteiger partial charge in [-0.15, -0.1) is 11.3 Å². The number of hydrogen-bond acceptors (Lipinski definition) is 6. The number of nitrogens with two attached hydrogens (primary N) is 1. The molecule has 1 aromatic carbocycles. The Balaban J connectivity index is 1.81. The van der Waals surface area contributed by atoms with Crippen LogP contribution in [0.5, 0.6) is 0 Å². The fraction of sp³-hybridized carbons (Fsp3) is 0.143. The second-order valence-electron chi connectivity index (χ2n) is 4.60. The molecule has 0 aliphatic carbocycles. The SMILES string of the molecule is Cn1ccnc1Sc1cc(CNc2nccs2)c(N)cc1F. The van der Waals surface area contributed by atoms with Gasteiger partial charge in [-0.25, -0.2) is 14.4 Å². The lowest BCUT2D eigenvalue weighted by Gasteiger charge is -2.10. The van der Waals surface area contributed by atoms with Crippen LogP contribution >= 0.6 is 23.1 Å². The number of hydrogen-bond donors (Lipinski definition) is 2. The molecule has 0 saturated heterocycles. The van der Waals surface area contributed by atoms with Gasteiger partial charge >= 0.3 is 0 Å². The largest absolute Gasteiger partial charge is 0.398 e. The van der Waals surface area contributed by atoms with E-state index < -0.39 is 0 Å². The number of imidazole rings is 1. The topological polar surface area (TPSA) is 68.8 Å². The van der Waals surface area contributed by atoms with Crippen LogP contribution in [0.2, 0.25) is 0 Å². The highest BCUT2D eigenvalue weighted by atomic mass is 32.2. The number of nitrogens with zero attached hydrogens (tertiary/aromatic N) is 3. The summed E-state index contributed by atoms with van der Waals surface area (Å²) >= 11 is 2.78. The number of anilines is 2. The molecule has 3 N–H and O–H groups in total. The van der Waals surface area contributed by atoms with Crippen molar-refractivity contribution in [1.29, 1.82) is 0 Å². The van der Waals surface area contributed by atoms with Crippen molar-refractivity contribution in [2.75, 3.05) is 11.1 Å². The van der Waals surface area contributed by atoms with Gasteiger partial charge in [-0.3, -0.25) is 0 Å². The molecule has 3 rings (SSSR count). The molecule has 2 aromatic heterocycles. The van der Waals surface area contributed by atoms with E-state index in [1.54, 1.807) is 18.5 Å². The average Bonchev–Trinajstić information content (AvgIpc) is 3.13. The number of thiazole rings is 1. The lowest BCUT2D eigenvalue weighted by Crippen LogP contribution is -2.04. The van der Waals surface area contributed by atoms with Crippen molar-refractivity contribution in [3.05, 3.63) is 47.5 Å². The Labute approximate surface area is 135 Å². The molecule has 114 valence electrons. The summed E-state index contributed by atoms with van der Waals surface area (Å²) in [5.74, 6) is -0.344. The standard InChI is InChI=1S/C14H14FN5S2/c1-20-4-2-18-14(20)22-12-6-9(11(16)7-10(12)15)8-19-13-17-3-5-21-13/h2-7H,8,16H2,1H3,(H,17,19). The molecule has 2 heterocycles. The molecule has 22 heavy (non-hydrogen) atoms. The minimum absolute atomic E-state index is 0.344. The van der Waals surface area contributed by atoms with Gasteiger partial charge in [-0.05, 0) is 29.5 Å². The number of nitrogen functional groups attached to an aromatic ring is 1. The maximum absolute atomic E-state index is 14.1. The number of aromatic nitrogens is 3. The Morgan fingerprint density at radius 2 is 2.23 bits per heavy atom. The molecule has 0 amide bonds. The highest BCUT2D eigenvalue weighted by molar-refractivity contribution is 7.99. The maximum atomic E-state index is 14.1. The molecule has 0 saturated carbocycles. The summed E-state index contributed by atoms with van der Waals surface area (Å²) in [5, 5.41) is 6.59. The smallest absolute Gasteiger partial charge is 0.182 e. The molecular formula is C14H14FN5S2. The van der Waals surface area contributed by atoms with E-state index in [1.165, 1.54) is 29.2 Å². The lowest BCUT2D eigenvalue weighted by atomic mass is 10.2. The van der Waals surface area contributed by atoms with Crippen LogP contribution in [-0.4, -0.2) is 14.5 Å². The summed E-state index contributed by atoms with van der Waals surface area (Å²) < 4.78 is 15.9. The zero-order chi connectivity index (χ0) is 15.5. The van der Waals surface area contributed by atoms with Gasteiger partial charge in [0.2, 0.25) is 0 Å². The van der Waals surface area contributed by atoms with Crippen molar-refractivity contribution in [2.24, 2.45) is 7.05 Å². The molecule has 8 heteroatoms. The van der Waals surface area contributed by atoms with Gasteiger partial charge in [0.15, 0.2) is 10.3 Å². The third-order valence-corrected chi connectivity index (χ3v) is 4.87. The normalized spacial score (nSPS) is 10.8. The quantitative estimate of drug-likeness (QED) is 0.700. The zero-order valence-electron chi connectivity index (χ0n) is 11.8. The first-order valence-electron chi connectivity index (χ1n) is 6.50. The van der Waals surface area contributed by atoms with Gasteiger partial charge in [0.1, 0.15) is 5.82 Å². The van der Waals surface area contributed by atoms with Crippen LogP contribution in [0, 0.1) is 5.82 Å². The monoisotopic (exact) mass is 335 g/mol. The van der Waals surface area contributed by atoms with Gasteiger partial charge in [0.05, 0.1) is 4.90 Å². The average molecular weight is 335 g/mol. The molecule has 0 spiro atoms. The molecule has 0 atom stereocenters. The van der Waals surface area contributed by atoms with Gasteiger partial charge in [0, 0.05) is 43.3 Å². The van der Waals surface area contributed by atoms with E-state index in [9.17, 15) is 4.39 Å². The molecule has 5 nitrogen and oxygen atoms in total. The fourth-order valence-corrected chi connectivity index (χ4v) is 3.27. The third kappa shape index (κ3) is 3.23. The van der Waals surface area contributed by atoms with Crippen molar-refractivity contribution in [1.82, 2.24) is 14.5 Å². The predicted octanol–water partition coefficient (Wildman–Crippen LogP) is 3.36. The van der Waals surface area contributed by atoms with E-state index in [1.807, 2.05) is 23.2 Å². The number of aryl methyl sites for hydroxylation is 1. The van der Waals surface area contributed by atoms with E-state index in [-0.39, 0.29) is 5.82 Å². The third-order valence-electron chi connectivity index (χ3n) is 3.03. The van der Waals surface area contributed by atoms with Crippen molar-refractivity contribution >= 4 is 33.9 Å². The fourth-order valence-electron chi connectivity index (χ4n) is 1.87. The second kappa shape index (κ2) is 6.37.